The molecule has 0 spiro atoms. The summed E-state index contributed by atoms with van der Waals surface area (Å²) >= 11 is 0. The SMILES string of the molecule is CC(C)(CN)C1CC2CCC2C1. The van der Waals surface area contributed by atoms with E-state index in [0.29, 0.717) is 5.41 Å². The molecule has 0 radical (unpaired) electrons. The minimum absolute atomic E-state index is 0.400. The number of hydrogen-bond donors (Lipinski definition) is 1. The Balaban J connectivity index is 1.98. The topological polar surface area (TPSA) is 26.0 Å². The van der Waals surface area contributed by atoms with Crippen molar-refractivity contribution in [1.29, 1.82) is 0 Å². The fourth-order valence-corrected chi connectivity index (χ4v) is 2.89. The van der Waals surface area contributed by atoms with Crippen molar-refractivity contribution >= 4 is 0 Å². The van der Waals surface area contributed by atoms with Crippen LogP contribution in [0.5, 0.6) is 0 Å². The Kier molecular flexibility index (Phi) is 1.95. The summed E-state index contributed by atoms with van der Waals surface area (Å²) in [6.07, 6.45) is 5.94. The van der Waals surface area contributed by atoms with Crippen molar-refractivity contribution in [2.75, 3.05) is 6.54 Å². The second-order valence-corrected chi connectivity index (χ2v) is 5.46. The molecular formula is C11H21N. The van der Waals surface area contributed by atoms with Crippen LogP contribution in [0.25, 0.3) is 0 Å². The summed E-state index contributed by atoms with van der Waals surface area (Å²) in [6.45, 7) is 5.53. The van der Waals surface area contributed by atoms with Gasteiger partial charge in [-0.05, 0) is 55.4 Å². The maximum Gasteiger partial charge on any atom is -0.00232 e. The average Bonchev–Trinajstić information content (AvgIpc) is 2.28. The van der Waals surface area contributed by atoms with Crippen LogP contribution in [-0.2, 0) is 0 Å². The van der Waals surface area contributed by atoms with E-state index in [-0.39, 0.29) is 0 Å². The van der Waals surface area contributed by atoms with Crippen LogP contribution in [-0.4, -0.2) is 6.54 Å². The molecule has 2 fully saturated rings. The first-order valence-corrected chi connectivity index (χ1v) is 5.33. The lowest BCUT2D eigenvalue weighted by atomic mass is 9.77. The normalized spacial score (nSPS) is 40.8. The van der Waals surface area contributed by atoms with Crippen LogP contribution in [0.15, 0.2) is 0 Å². The number of rotatable bonds is 2. The maximum absolute atomic E-state index is 5.80. The molecule has 0 heterocycles. The Bertz CT molecular complexity index is 162. The predicted octanol–water partition coefficient (Wildman–Crippen LogP) is 2.41. The van der Waals surface area contributed by atoms with Gasteiger partial charge in [0.25, 0.3) is 0 Å². The van der Waals surface area contributed by atoms with E-state index >= 15 is 0 Å². The van der Waals surface area contributed by atoms with Gasteiger partial charge >= 0.3 is 0 Å². The molecule has 0 amide bonds. The highest BCUT2D eigenvalue weighted by Gasteiger charge is 2.44. The zero-order chi connectivity index (χ0) is 8.77. The Morgan fingerprint density at radius 2 is 1.67 bits per heavy atom. The van der Waals surface area contributed by atoms with Crippen molar-refractivity contribution < 1.29 is 0 Å². The first-order valence-electron chi connectivity index (χ1n) is 5.33. The first kappa shape index (κ1) is 8.55. The monoisotopic (exact) mass is 167 g/mol. The number of nitrogens with two attached hydrogens (primary N) is 1. The van der Waals surface area contributed by atoms with E-state index in [2.05, 4.69) is 13.8 Å². The smallest absolute Gasteiger partial charge is 0.00232 e. The molecule has 0 saturated heterocycles. The Labute approximate surface area is 75.7 Å². The van der Waals surface area contributed by atoms with Crippen LogP contribution in [0, 0.1) is 23.2 Å². The fraction of sp³-hybridized carbons (Fsp3) is 1.00. The average molecular weight is 167 g/mol. The third-order valence-corrected chi connectivity index (χ3v) is 4.38. The summed E-state index contributed by atoms with van der Waals surface area (Å²) in [5, 5.41) is 0. The van der Waals surface area contributed by atoms with E-state index in [9.17, 15) is 0 Å². The second kappa shape index (κ2) is 2.73. The van der Waals surface area contributed by atoms with Crippen LogP contribution < -0.4 is 5.73 Å². The van der Waals surface area contributed by atoms with Crippen molar-refractivity contribution in [2.45, 2.75) is 39.5 Å². The highest BCUT2D eigenvalue weighted by Crippen LogP contribution is 2.53. The highest BCUT2D eigenvalue weighted by atomic mass is 14.6. The Morgan fingerprint density at radius 1 is 1.17 bits per heavy atom. The van der Waals surface area contributed by atoms with Gasteiger partial charge in [-0.15, -0.1) is 0 Å². The molecule has 0 bridgehead atoms. The molecule has 1 nitrogen and oxygen atoms in total. The van der Waals surface area contributed by atoms with Crippen molar-refractivity contribution in [1.82, 2.24) is 0 Å². The van der Waals surface area contributed by atoms with Gasteiger partial charge in [-0.25, -0.2) is 0 Å². The summed E-state index contributed by atoms with van der Waals surface area (Å²) in [4.78, 5) is 0. The summed E-state index contributed by atoms with van der Waals surface area (Å²) < 4.78 is 0. The van der Waals surface area contributed by atoms with Gasteiger partial charge in [0.05, 0.1) is 0 Å². The van der Waals surface area contributed by atoms with E-state index in [1.165, 1.54) is 25.7 Å². The standard InChI is InChI=1S/C11H21N/c1-11(2,7-12)10-5-8-3-4-9(8)6-10/h8-10H,3-7,12H2,1-2H3. The van der Waals surface area contributed by atoms with E-state index in [1.807, 2.05) is 0 Å². The lowest BCUT2D eigenvalue weighted by molar-refractivity contribution is 0.219. The first-order chi connectivity index (χ1) is 5.63. The molecule has 2 rings (SSSR count). The van der Waals surface area contributed by atoms with Crippen LogP contribution in [0.1, 0.15) is 39.5 Å². The van der Waals surface area contributed by atoms with Crippen LogP contribution in [0.4, 0.5) is 0 Å². The highest BCUT2D eigenvalue weighted by molar-refractivity contribution is 4.95. The van der Waals surface area contributed by atoms with Gasteiger partial charge in [-0.3, -0.25) is 0 Å². The molecule has 70 valence electrons. The van der Waals surface area contributed by atoms with E-state index in [0.717, 1.165) is 24.3 Å². The van der Waals surface area contributed by atoms with E-state index < -0.39 is 0 Å². The molecule has 1 heteroatoms. The lowest BCUT2D eigenvalue weighted by Crippen LogP contribution is -2.30. The molecular weight excluding hydrogens is 146 g/mol. The zero-order valence-electron chi connectivity index (χ0n) is 8.34. The summed E-state index contributed by atoms with van der Waals surface area (Å²) in [6, 6.07) is 0. The Morgan fingerprint density at radius 3 is 2.00 bits per heavy atom. The molecule has 0 aromatic rings. The molecule has 0 aliphatic heterocycles. The van der Waals surface area contributed by atoms with Gasteiger partial charge in [0, 0.05) is 0 Å². The quantitative estimate of drug-likeness (QED) is 0.671. The third-order valence-electron chi connectivity index (χ3n) is 4.38. The van der Waals surface area contributed by atoms with Gasteiger partial charge < -0.3 is 5.73 Å². The van der Waals surface area contributed by atoms with Crippen molar-refractivity contribution in [3.05, 3.63) is 0 Å². The van der Waals surface area contributed by atoms with Crippen molar-refractivity contribution in [3.63, 3.8) is 0 Å². The maximum atomic E-state index is 5.80. The molecule has 12 heavy (non-hydrogen) atoms. The molecule has 2 unspecified atom stereocenters. The lowest BCUT2D eigenvalue weighted by Gasteiger charge is -2.30. The molecule has 2 atom stereocenters. The predicted molar refractivity (Wildman–Crippen MR) is 51.8 cm³/mol. The summed E-state index contributed by atoms with van der Waals surface area (Å²) in [7, 11) is 0. The molecule has 2 N–H and O–H groups in total. The Hall–Kier alpha value is -0.0400. The van der Waals surface area contributed by atoms with Crippen molar-refractivity contribution in [2.24, 2.45) is 28.9 Å². The molecule has 0 aromatic heterocycles. The van der Waals surface area contributed by atoms with Crippen LogP contribution >= 0.6 is 0 Å². The largest absolute Gasteiger partial charge is 0.330 e. The van der Waals surface area contributed by atoms with E-state index in [4.69, 9.17) is 5.73 Å². The number of hydrogen-bond acceptors (Lipinski definition) is 1. The van der Waals surface area contributed by atoms with Gasteiger partial charge in [0.2, 0.25) is 0 Å². The minimum Gasteiger partial charge on any atom is -0.330 e. The molecule has 2 aliphatic rings. The third kappa shape index (κ3) is 1.19. The number of fused-ring (bicyclic) bond motifs is 1. The fourth-order valence-electron chi connectivity index (χ4n) is 2.89. The molecule has 2 saturated carbocycles. The summed E-state index contributed by atoms with van der Waals surface area (Å²) in [5.41, 5.74) is 6.20. The summed E-state index contributed by atoms with van der Waals surface area (Å²) in [5.74, 6) is 3.08. The zero-order valence-corrected chi connectivity index (χ0v) is 8.34. The molecule has 0 aromatic carbocycles. The van der Waals surface area contributed by atoms with Gasteiger partial charge in [-0.2, -0.15) is 0 Å². The van der Waals surface area contributed by atoms with Crippen molar-refractivity contribution in [3.8, 4) is 0 Å². The van der Waals surface area contributed by atoms with E-state index in [1.54, 1.807) is 0 Å². The van der Waals surface area contributed by atoms with Gasteiger partial charge in [0.1, 0.15) is 0 Å². The van der Waals surface area contributed by atoms with Crippen LogP contribution in [0.3, 0.4) is 0 Å². The van der Waals surface area contributed by atoms with Gasteiger partial charge in [-0.1, -0.05) is 13.8 Å². The molecule has 2 aliphatic carbocycles. The second-order valence-electron chi connectivity index (χ2n) is 5.46. The van der Waals surface area contributed by atoms with Gasteiger partial charge in [0.15, 0.2) is 0 Å². The van der Waals surface area contributed by atoms with Crippen LogP contribution in [0.2, 0.25) is 0 Å². The minimum atomic E-state index is 0.400.